The summed E-state index contributed by atoms with van der Waals surface area (Å²) in [5.74, 6) is 0. The van der Waals surface area contributed by atoms with E-state index in [1.54, 1.807) is 18.4 Å². The second-order valence-corrected chi connectivity index (χ2v) is 5.60. The Balaban J connectivity index is 1.87. The summed E-state index contributed by atoms with van der Waals surface area (Å²) >= 11 is 1.76. The smallest absolute Gasteiger partial charge is 0.0716 e. The molecule has 0 aliphatic rings. The van der Waals surface area contributed by atoms with Crippen LogP contribution in [0.3, 0.4) is 0 Å². The van der Waals surface area contributed by atoms with Gasteiger partial charge in [0.25, 0.3) is 0 Å². The fourth-order valence-electron chi connectivity index (χ4n) is 2.14. The van der Waals surface area contributed by atoms with Crippen LogP contribution in [0.1, 0.15) is 23.6 Å². The molecule has 1 heterocycles. The first-order valence-electron chi connectivity index (χ1n) is 6.59. The van der Waals surface area contributed by atoms with Crippen LogP contribution in [0.2, 0.25) is 0 Å². The minimum atomic E-state index is 0.477. The van der Waals surface area contributed by atoms with Crippen molar-refractivity contribution < 1.29 is 4.74 Å². The topological polar surface area (TPSA) is 21.3 Å². The summed E-state index contributed by atoms with van der Waals surface area (Å²) in [6, 6.07) is 11.1. The molecule has 102 valence electrons. The molecule has 0 spiro atoms. The van der Waals surface area contributed by atoms with Gasteiger partial charge in [-0.25, -0.2) is 0 Å². The van der Waals surface area contributed by atoms with Crippen LogP contribution >= 0.6 is 11.3 Å². The zero-order chi connectivity index (χ0) is 13.5. The molecule has 1 aromatic carbocycles. The van der Waals surface area contributed by atoms with E-state index in [0.29, 0.717) is 12.6 Å². The molecule has 0 aliphatic heterocycles. The molecule has 2 rings (SSSR count). The van der Waals surface area contributed by atoms with E-state index in [2.05, 4.69) is 53.3 Å². The lowest BCUT2D eigenvalue weighted by Gasteiger charge is -2.15. The summed E-state index contributed by atoms with van der Waals surface area (Å²) in [5, 5.41) is 7.94. The molecule has 0 saturated carbocycles. The average Bonchev–Trinajstić information content (AvgIpc) is 2.91. The van der Waals surface area contributed by atoms with Crippen LogP contribution < -0.4 is 5.32 Å². The molecule has 3 heteroatoms. The highest BCUT2D eigenvalue weighted by Gasteiger charge is 2.06. The van der Waals surface area contributed by atoms with Crippen molar-refractivity contribution >= 4 is 11.3 Å². The van der Waals surface area contributed by atoms with Crippen molar-refractivity contribution in [2.24, 2.45) is 0 Å². The van der Waals surface area contributed by atoms with Crippen molar-refractivity contribution in [3.63, 3.8) is 0 Å². The first-order chi connectivity index (χ1) is 9.29. The molecule has 0 radical (unpaired) electrons. The average molecular weight is 275 g/mol. The van der Waals surface area contributed by atoms with Crippen LogP contribution in [0.4, 0.5) is 0 Å². The lowest BCUT2D eigenvalue weighted by Crippen LogP contribution is -2.27. The summed E-state index contributed by atoms with van der Waals surface area (Å²) in [6.07, 6.45) is 1.08. The van der Waals surface area contributed by atoms with E-state index in [4.69, 9.17) is 4.74 Å². The molecule has 0 amide bonds. The monoisotopic (exact) mass is 275 g/mol. The molecular formula is C16H21NOS. The number of thiophene rings is 1. The number of nitrogens with one attached hydrogen (secondary N) is 1. The quantitative estimate of drug-likeness (QED) is 0.833. The Kier molecular flexibility index (Phi) is 5.58. The van der Waals surface area contributed by atoms with Crippen LogP contribution in [0.5, 0.6) is 0 Å². The zero-order valence-electron chi connectivity index (χ0n) is 11.6. The van der Waals surface area contributed by atoms with E-state index < -0.39 is 0 Å². The minimum Gasteiger partial charge on any atom is -0.380 e. The van der Waals surface area contributed by atoms with Crippen LogP contribution in [-0.4, -0.2) is 13.2 Å². The summed E-state index contributed by atoms with van der Waals surface area (Å²) in [6.45, 7) is 3.80. The number of methoxy groups -OCH3 is 1. The van der Waals surface area contributed by atoms with E-state index in [9.17, 15) is 0 Å². The Labute approximate surface area is 119 Å². The van der Waals surface area contributed by atoms with Gasteiger partial charge in [-0.3, -0.25) is 0 Å². The first kappa shape index (κ1) is 14.3. The Morgan fingerprint density at radius 3 is 2.68 bits per heavy atom. The highest BCUT2D eigenvalue weighted by Crippen LogP contribution is 2.12. The largest absolute Gasteiger partial charge is 0.380 e. The number of benzene rings is 1. The summed E-state index contributed by atoms with van der Waals surface area (Å²) < 4.78 is 5.23. The van der Waals surface area contributed by atoms with Gasteiger partial charge >= 0.3 is 0 Å². The van der Waals surface area contributed by atoms with Crippen LogP contribution in [0.15, 0.2) is 41.1 Å². The van der Waals surface area contributed by atoms with Crippen molar-refractivity contribution in [1.29, 1.82) is 0 Å². The minimum absolute atomic E-state index is 0.477. The van der Waals surface area contributed by atoms with E-state index in [-0.39, 0.29) is 0 Å². The fraction of sp³-hybridized carbons (Fsp3) is 0.375. The number of rotatable bonds is 7. The highest BCUT2D eigenvalue weighted by atomic mass is 32.1. The summed E-state index contributed by atoms with van der Waals surface area (Å²) in [7, 11) is 1.74. The molecule has 19 heavy (non-hydrogen) atoms. The maximum Gasteiger partial charge on any atom is 0.0716 e. The molecular weight excluding hydrogens is 254 g/mol. The molecule has 2 nitrogen and oxygen atoms in total. The number of hydrogen-bond acceptors (Lipinski definition) is 3. The van der Waals surface area contributed by atoms with Crippen LogP contribution in [0.25, 0.3) is 0 Å². The van der Waals surface area contributed by atoms with Gasteiger partial charge in [0, 0.05) is 19.7 Å². The van der Waals surface area contributed by atoms with Gasteiger partial charge in [-0.2, -0.15) is 11.3 Å². The van der Waals surface area contributed by atoms with Gasteiger partial charge in [0.15, 0.2) is 0 Å². The Morgan fingerprint density at radius 1 is 1.21 bits per heavy atom. The van der Waals surface area contributed by atoms with Crippen molar-refractivity contribution in [3.05, 3.63) is 57.8 Å². The maximum absolute atomic E-state index is 5.23. The molecule has 1 atom stereocenters. The molecule has 0 fully saturated rings. The van der Waals surface area contributed by atoms with Gasteiger partial charge in [-0.15, -0.1) is 0 Å². The van der Waals surface area contributed by atoms with Gasteiger partial charge in [0.05, 0.1) is 6.61 Å². The van der Waals surface area contributed by atoms with Gasteiger partial charge < -0.3 is 10.1 Å². The Morgan fingerprint density at radius 2 is 2.00 bits per heavy atom. The zero-order valence-corrected chi connectivity index (χ0v) is 12.4. The predicted molar refractivity (Wildman–Crippen MR) is 81.5 cm³/mol. The standard InChI is InChI=1S/C16H21NOS/c1-13(9-14-7-8-19-12-14)17-10-15-5-3-4-6-16(15)11-18-2/h3-8,12-13,17H,9-11H2,1-2H3. The molecule has 1 N–H and O–H groups in total. The third kappa shape index (κ3) is 4.46. The van der Waals surface area contributed by atoms with E-state index in [1.165, 1.54) is 16.7 Å². The number of hydrogen-bond donors (Lipinski definition) is 1. The van der Waals surface area contributed by atoms with E-state index in [1.807, 2.05) is 0 Å². The molecule has 0 bridgehead atoms. The first-order valence-corrected chi connectivity index (χ1v) is 7.54. The maximum atomic E-state index is 5.23. The van der Waals surface area contributed by atoms with Gasteiger partial charge in [-0.05, 0) is 46.9 Å². The van der Waals surface area contributed by atoms with Gasteiger partial charge in [0.1, 0.15) is 0 Å². The summed E-state index contributed by atoms with van der Waals surface area (Å²) in [4.78, 5) is 0. The van der Waals surface area contributed by atoms with Crippen LogP contribution in [0, 0.1) is 0 Å². The molecule has 2 aromatic rings. The normalized spacial score (nSPS) is 12.5. The summed E-state index contributed by atoms with van der Waals surface area (Å²) in [5.41, 5.74) is 4.00. The third-order valence-corrected chi connectivity index (χ3v) is 3.91. The number of ether oxygens (including phenoxy) is 1. The molecule has 1 unspecified atom stereocenters. The third-order valence-electron chi connectivity index (χ3n) is 3.18. The lowest BCUT2D eigenvalue weighted by molar-refractivity contribution is 0.184. The lowest BCUT2D eigenvalue weighted by atomic mass is 10.1. The molecule has 1 aromatic heterocycles. The van der Waals surface area contributed by atoms with Gasteiger partial charge in [0.2, 0.25) is 0 Å². The second kappa shape index (κ2) is 7.43. The van der Waals surface area contributed by atoms with Crippen molar-refractivity contribution in [1.82, 2.24) is 5.32 Å². The fourth-order valence-corrected chi connectivity index (χ4v) is 2.83. The van der Waals surface area contributed by atoms with Crippen molar-refractivity contribution in [2.45, 2.75) is 32.5 Å². The predicted octanol–water partition coefficient (Wildman–Crippen LogP) is 3.62. The van der Waals surface area contributed by atoms with Gasteiger partial charge in [-0.1, -0.05) is 24.3 Å². The Bertz CT molecular complexity index is 481. The molecule has 0 aliphatic carbocycles. The second-order valence-electron chi connectivity index (χ2n) is 4.82. The SMILES string of the molecule is COCc1ccccc1CNC(C)Cc1ccsc1. The van der Waals surface area contributed by atoms with E-state index in [0.717, 1.165) is 13.0 Å². The van der Waals surface area contributed by atoms with E-state index >= 15 is 0 Å². The molecule has 0 saturated heterocycles. The Hall–Kier alpha value is -1.16. The highest BCUT2D eigenvalue weighted by molar-refractivity contribution is 7.07. The van der Waals surface area contributed by atoms with Crippen molar-refractivity contribution in [2.75, 3.05) is 7.11 Å². The van der Waals surface area contributed by atoms with Crippen molar-refractivity contribution in [3.8, 4) is 0 Å². The van der Waals surface area contributed by atoms with Crippen LogP contribution in [-0.2, 0) is 24.3 Å².